The minimum Gasteiger partial charge on any atom is -0.317 e. The van der Waals surface area contributed by atoms with Gasteiger partial charge >= 0.3 is 0 Å². The van der Waals surface area contributed by atoms with Crippen molar-refractivity contribution in [1.82, 2.24) is 5.32 Å². The van der Waals surface area contributed by atoms with Crippen molar-refractivity contribution in [2.75, 3.05) is 7.05 Å². The molecule has 0 spiro atoms. The van der Waals surface area contributed by atoms with Crippen molar-refractivity contribution in [3.05, 3.63) is 35.4 Å². The summed E-state index contributed by atoms with van der Waals surface area (Å²) in [7, 11) is 1.93. The van der Waals surface area contributed by atoms with Gasteiger partial charge in [-0.15, -0.1) is 0 Å². The lowest BCUT2D eigenvalue weighted by Gasteiger charge is -2.16. The zero-order valence-corrected chi connectivity index (χ0v) is 9.63. The van der Waals surface area contributed by atoms with Crippen LogP contribution >= 0.6 is 0 Å². The molecule has 1 nitrogen and oxygen atoms in total. The Morgan fingerprint density at radius 1 is 1.25 bits per heavy atom. The van der Waals surface area contributed by atoms with Gasteiger partial charge in [-0.1, -0.05) is 13.0 Å². The lowest BCUT2D eigenvalue weighted by Crippen LogP contribution is -2.21. The normalized spacial score (nSPS) is 29.6. The molecule has 3 heteroatoms. The SMILES string of the molecule is CN[C@H]1C[C@@H](C)[C@H](c2ccc(F)cc2F)C1. The topological polar surface area (TPSA) is 12.0 Å². The maximum Gasteiger partial charge on any atom is 0.129 e. The Balaban J connectivity index is 2.24. The molecule has 0 aliphatic heterocycles. The van der Waals surface area contributed by atoms with Crippen molar-refractivity contribution in [3.8, 4) is 0 Å². The molecule has 1 saturated carbocycles. The highest BCUT2D eigenvalue weighted by molar-refractivity contribution is 5.25. The molecule has 0 radical (unpaired) electrons. The second kappa shape index (κ2) is 4.50. The number of nitrogens with one attached hydrogen (secondary N) is 1. The number of benzene rings is 1. The van der Waals surface area contributed by atoms with Crippen LogP contribution in [-0.4, -0.2) is 13.1 Å². The van der Waals surface area contributed by atoms with Crippen molar-refractivity contribution in [3.63, 3.8) is 0 Å². The van der Waals surface area contributed by atoms with E-state index in [2.05, 4.69) is 12.2 Å². The molecule has 1 aromatic carbocycles. The standard InChI is InChI=1S/C13H17F2N/c1-8-5-10(16-2)7-12(8)11-4-3-9(14)6-13(11)15/h3-4,6,8,10,12,16H,5,7H2,1-2H3/t8-,10+,12-/m1/s1. The molecule has 1 aromatic rings. The van der Waals surface area contributed by atoms with Crippen molar-refractivity contribution >= 4 is 0 Å². The minimum absolute atomic E-state index is 0.207. The van der Waals surface area contributed by atoms with Gasteiger partial charge in [0.05, 0.1) is 0 Å². The summed E-state index contributed by atoms with van der Waals surface area (Å²) in [5.74, 6) is -0.263. The highest BCUT2D eigenvalue weighted by Crippen LogP contribution is 2.40. The van der Waals surface area contributed by atoms with Crippen LogP contribution in [0.4, 0.5) is 8.78 Å². The van der Waals surface area contributed by atoms with Gasteiger partial charge in [0.1, 0.15) is 11.6 Å². The van der Waals surface area contributed by atoms with Crippen molar-refractivity contribution in [2.24, 2.45) is 5.92 Å². The summed E-state index contributed by atoms with van der Waals surface area (Å²) < 4.78 is 26.5. The molecule has 1 fully saturated rings. The van der Waals surface area contributed by atoms with Crippen LogP contribution in [0.5, 0.6) is 0 Å². The van der Waals surface area contributed by atoms with Crippen LogP contribution in [0.3, 0.4) is 0 Å². The summed E-state index contributed by atoms with van der Waals surface area (Å²) in [5.41, 5.74) is 0.659. The molecular weight excluding hydrogens is 208 g/mol. The fourth-order valence-corrected chi connectivity index (χ4v) is 2.72. The monoisotopic (exact) mass is 225 g/mol. The molecule has 0 heterocycles. The van der Waals surface area contributed by atoms with E-state index in [4.69, 9.17) is 0 Å². The van der Waals surface area contributed by atoms with E-state index in [1.165, 1.54) is 6.07 Å². The fraction of sp³-hybridized carbons (Fsp3) is 0.538. The van der Waals surface area contributed by atoms with Gasteiger partial charge in [0.15, 0.2) is 0 Å². The van der Waals surface area contributed by atoms with E-state index < -0.39 is 11.6 Å². The van der Waals surface area contributed by atoms with Crippen LogP contribution < -0.4 is 5.32 Å². The number of halogens is 2. The Kier molecular flexibility index (Phi) is 3.24. The third-order valence-corrected chi connectivity index (χ3v) is 3.65. The zero-order valence-electron chi connectivity index (χ0n) is 9.63. The summed E-state index contributed by atoms with van der Waals surface area (Å²) in [6.45, 7) is 2.13. The summed E-state index contributed by atoms with van der Waals surface area (Å²) in [6, 6.07) is 4.36. The van der Waals surface area contributed by atoms with Crippen molar-refractivity contribution in [2.45, 2.75) is 31.7 Å². The molecule has 2 rings (SSSR count). The van der Waals surface area contributed by atoms with E-state index in [0.29, 0.717) is 17.5 Å². The third-order valence-electron chi connectivity index (χ3n) is 3.65. The Labute approximate surface area is 94.9 Å². The first kappa shape index (κ1) is 11.5. The minimum atomic E-state index is -0.503. The van der Waals surface area contributed by atoms with Crippen LogP contribution in [0, 0.1) is 17.6 Å². The maximum atomic E-state index is 13.6. The second-order valence-electron chi connectivity index (χ2n) is 4.71. The number of hydrogen-bond acceptors (Lipinski definition) is 1. The predicted octanol–water partition coefficient (Wildman–Crippen LogP) is 3.07. The van der Waals surface area contributed by atoms with Gasteiger partial charge in [0, 0.05) is 12.1 Å². The maximum absolute atomic E-state index is 13.6. The Bertz CT molecular complexity index is 378. The molecule has 1 aliphatic carbocycles. The predicted molar refractivity (Wildman–Crippen MR) is 60.3 cm³/mol. The van der Waals surface area contributed by atoms with E-state index in [1.807, 2.05) is 7.05 Å². The van der Waals surface area contributed by atoms with Crippen LogP contribution in [0.25, 0.3) is 0 Å². The van der Waals surface area contributed by atoms with Gasteiger partial charge in [0.25, 0.3) is 0 Å². The lowest BCUT2D eigenvalue weighted by atomic mass is 9.90. The Morgan fingerprint density at radius 3 is 2.56 bits per heavy atom. The largest absolute Gasteiger partial charge is 0.317 e. The quantitative estimate of drug-likeness (QED) is 0.815. The lowest BCUT2D eigenvalue weighted by molar-refractivity contribution is 0.494. The molecule has 0 unspecified atom stereocenters. The average molecular weight is 225 g/mol. The van der Waals surface area contributed by atoms with E-state index in [9.17, 15) is 8.78 Å². The summed E-state index contributed by atoms with van der Waals surface area (Å²) in [6.07, 6.45) is 1.98. The molecule has 0 saturated heterocycles. The summed E-state index contributed by atoms with van der Waals surface area (Å²) >= 11 is 0. The molecule has 0 bridgehead atoms. The first-order chi connectivity index (χ1) is 7.61. The van der Waals surface area contributed by atoms with Crippen molar-refractivity contribution in [1.29, 1.82) is 0 Å². The van der Waals surface area contributed by atoms with Crippen LogP contribution in [0.1, 0.15) is 31.2 Å². The number of hydrogen-bond donors (Lipinski definition) is 1. The number of rotatable bonds is 2. The molecule has 88 valence electrons. The van der Waals surface area contributed by atoms with Gasteiger partial charge < -0.3 is 5.32 Å². The summed E-state index contributed by atoms with van der Waals surface area (Å²) in [5, 5.41) is 3.23. The highest BCUT2D eigenvalue weighted by atomic mass is 19.1. The molecule has 1 N–H and O–H groups in total. The molecule has 16 heavy (non-hydrogen) atoms. The van der Waals surface area contributed by atoms with Crippen LogP contribution in [-0.2, 0) is 0 Å². The smallest absolute Gasteiger partial charge is 0.129 e. The Morgan fingerprint density at radius 2 is 2.00 bits per heavy atom. The first-order valence-electron chi connectivity index (χ1n) is 5.74. The van der Waals surface area contributed by atoms with Gasteiger partial charge in [0.2, 0.25) is 0 Å². The first-order valence-corrected chi connectivity index (χ1v) is 5.74. The Hall–Kier alpha value is -0.960. The molecule has 1 aliphatic rings. The molecular formula is C13H17F2N. The van der Waals surface area contributed by atoms with Gasteiger partial charge in [-0.25, -0.2) is 8.78 Å². The molecule has 0 amide bonds. The fourth-order valence-electron chi connectivity index (χ4n) is 2.72. The van der Waals surface area contributed by atoms with Gasteiger partial charge in [-0.05, 0) is 43.4 Å². The van der Waals surface area contributed by atoms with Gasteiger partial charge in [-0.2, -0.15) is 0 Å². The van der Waals surface area contributed by atoms with E-state index in [-0.39, 0.29) is 5.92 Å². The zero-order chi connectivity index (χ0) is 11.7. The molecule has 3 atom stereocenters. The van der Waals surface area contributed by atoms with Gasteiger partial charge in [-0.3, -0.25) is 0 Å². The van der Waals surface area contributed by atoms with E-state index in [0.717, 1.165) is 18.9 Å². The van der Waals surface area contributed by atoms with Crippen LogP contribution in [0.2, 0.25) is 0 Å². The van der Waals surface area contributed by atoms with E-state index in [1.54, 1.807) is 6.07 Å². The third kappa shape index (κ3) is 2.09. The van der Waals surface area contributed by atoms with E-state index >= 15 is 0 Å². The second-order valence-corrected chi connectivity index (χ2v) is 4.71. The average Bonchev–Trinajstić information content (AvgIpc) is 2.60. The highest BCUT2D eigenvalue weighted by Gasteiger charge is 2.32. The van der Waals surface area contributed by atoms with Crippen molar-refractivity contribution < 1.29 is 8.78 Å². The summed E-state index contributed by atoms with van der Waals surface area (Å²) in [4.78, 5) is 0. The molecule has 0 aromatic heterocycles. The van der Waals surface area contributed by atoms with Crippen LogP contribution in [0.15, 0.2) is 18.2 Å².